The van der Waals surface area contributed by atoms with Crippen molar-refractivity contribution < 1.29 is 23.8 Å². The van der Waals surface area contributed by atoms with Crippen molar-refractivity contribution in [3.05, 3.63) is 58.9 Å². The van der Waals surface area contributed by atoms with Crippen LogP contribution >= 0.6 is 24.2 Å². The maximum atomic E-state index is 14.0. The number of nitrogens with one attached hydrogen (secondary N) is 1. The van der Waals surface area contributed by atoms with Gasteiger partial charge >= 0.3 is 5.97 Å². The lowest BCUT2D eigenvalue weighted by atomic mass is 9.54. The van der Waals surface area contributed by atoms with Crippen LogP contribution in [0.25, 0.3) is 0 Å². The molecule has 1 aliphatic carbocycles. The highest BCUT2D eigenvalue weighted by atomic mass is 35.5. The van der Waals surface area contributed by atoms with Crippen molar-refractivity contribution in [3.63, 3.8) is 0 Å². The number of carboxylic acid groups (broad SMARTS) is 1. The second kappa shape index (κ2) is 14.4. The van der Waals surface area contributed by atoms with Crippen molar-refractivity contribution in [3.8, 4) is 5.75 Å². The molecule has 2 aromatic rings. The van der Waals surface area contributed by atoms with Gasteiger partial charge in [0.2, 0.25) is 0 Å². The zero-order chi connectivity index (χ0) is 26.3. The second-order valence-electron chi connectivity index (χ2n) is 9.91. The second-order valence-corrected chi connectivity index (χ2v) is 10.8. The van der Waals surface area contributed by atoms with Crippen LogP contribution in [0.4, 0.5) is 4.39 Å². The van der Waals surface area contributed by atoms with Gasteiger partial charge in [0.05, 0.1) is 7.11 Å². The molecule has 0 amide bonds. The number of thioether (sulfide) groups is 1. The first-order valence-corrected chi connectivity index (χ1v) is 14.0. The van der Waals surface area contributed by atoms with Gasteiger partial charge in [0.15, 0.2) is 6.10 Å². The molecule has 2 N–H and O–H groups in total. The third kappa shape index (κ3) is 6.80. The zero-order valence-corrected chi connectivity index (χ0v) is 24.1. The average Bonchev–Trinajstić information content (AvgIpc) is 2.86. The Kier molecular flexibility index (Phi) is 12.2. The summed E-state index contributed by atoms with van der Waals surface area (Å²) in [4.78, 5) is 13.5. The standard InChI is InChI=1S/C29H40FNO4S.ClH/c1-19(2)29(27(35-4)28(32)33)22(10-9-21-18-23(30)11-12-24(21)29)14-16-31-15-6-7-20-8-13-26(36-5)25(17-20)34-3;/h8,11-13,17-19,22,27,31H,6-7,9-10,14-16H2,1-5H3,(H,32,33);1H. The molecule has 0 spiro atoms. The van der Waals surface area contributed by atoms with E-state index in [0.29, 0.717) is 0 Å². The van der Waals surface area contributed by atoms with E-state index in [0.717, 1.165) is 67.0 Å². The lowest BCUT2D eigenvalue weighted by molar-refractivity contribution is -0.158. The Morgan fingerprint density at radius 3 is 2.59 bits per heavy atom. The smallest absolute Gasteiger partial charge is 0.333 e. The maximum absolute atomic E-state index is 14.0. The summed E-state index contributed by atoms with van der Waals surface area (Å²) < 4.78 is 25.2. The molecule has 0 bridgehead atoms. The lowest BCUT2D eigenvalue weighted by Gasteiger charge is -2.51. The number of halogens is 2. The molecule has 3 atom stereocenters. The van der Waals surface area contributed by atoms with Gasteiger partial charge in [0.25, 0.3) is 0 Å². The number of hydrogen-bond donors (Lipinski definition) is 2. The van der Waals surface area contributed by atoms with Crippen LogP contribution in [0.15, 0.2) is 41.3 Å². The van der Waals surface area contributed by atoms with Gasteiger partial charge in [0, 0.05) is 17.4 Å². The Morgan fingerprint density at radius 1 is 1.22 bits per heavy atom. The number of carboxylic acids is 1. The number of carbonyl (C=O) groups is 1. The van der Waals surface area contributed by atoms with Gasteiger partial charge in [-0.05, 0) is 104 Å². The molecule has 0 heterocycles. The molecular weight excluding hydrogens is 513 g/mol. The molecular formula is C29H41ClFNO4S. The number of benzene rings is 2. The topological polar surface area (TPSA) is 67.8 Å². The minimum atomic E-state index is -0.994. The summed E-state index contributed by atoms with van der Waals surface area (Å²) in [5, 5.41) is 13.7. The van der Waals surface area contributed by atoms with E-state index < -0.39 is 17.5 Å². The number of fused-ring (bicyclic) bond motifs is 1. The zero-order valence-electron chi connectivity index (χ0n) is 22.5. The Bertz CT molecular complexity index is 1040. The fourth-order valence-corrected chi connectivity index (χ4v) is 6.71. The van der Waals surface area contributed by atoms with E-state index in [-0.39, 0.29) is 30.1 Å². The van der Waals surface area contributed by atoms with E-state index in [1.807, 2.05) is 6.26 Å². The fraction of sp³-hybridized carbons (Fsp3) is 0.552. The highest BCUT2D eigenvalue weighted by Crippen LogP contribution is 2.51. The van der Waals surface area contributed by atoms with Crippen LogP contribution in [0.1, 0.15) is 49.8 Å². The van der Waals surface area contributed by atoms with Crippen molar-refractivity contribution in [2.24, 2.45) is 11.8 Å². The molecule has 3 unspecified atom stereocenters. The molecule has 5 nitrogen and oxygen atoms in total. The van der Waals surface area contributed by atoms with Gasteiger partial charge in [-0.3, -0.25) is 0 Å². The Morgan fingerprint density at radius 2 is 1.97 bits per heavy atom. The monoisotopic (exact) mass is 553 g/mol. The summed E-state index contributed by atoms with van der Waals surface area (Å²) in [6.07, 6.45) is 5.40. The summed E-state index contributed by atoms with van der Waals surface area (Å²) >= 11 is 1.68. The van der Waals surface area contributed by atoms with E-state index in [9.17, 15) is 14.3 Å². The van der Waals surface area contributed by atoms with Crippen molar-refractivity contribution >= 4 is 30.1 Å². The van der Waals surface area contributed by atoms with E-state index in [4.69, 9.17) is 9.47 Å². The summed E-state index contributed by atoms with van der Waals surface area (Å²) in [7, 11) is 3.17. The first kappa shape index (κ1) is 31.4. The molecule has 0 saturated carbocycles. The molecule has 206 valence electrons. The van der Waals surface area contributed by atoms with Crippen LogP contribution in [-0.4, -0.2) is 50.7 Å². The van der Waals surface area contributed by atoms with Gasteiger partial charge in [0.1, 0.15) is 11.6 Å². The van der Waals surface area contributed by atoms with Gasteiger partial charge in [-0.2, -0.15) is 0 Å². The van der Waals surface area contributed by atoms with Crippen LogP contribution in [0, 0.1) is 17.7 Å². The largest absolute Gasteiger partial charge is 0.496 e. The molecule has 0 radical (unpaired) electrons. The molecule has 0 saturated heterocycles. The van der Waals surface area contributed by atoms with Crippen LogP contribution < -0.4 is 10.1 Å². The molecule has 8 heteroatoms. The minimum absolute atomic E-state index is 0. The molecule has 1 aliphatic rings. The number of aryl methyl sites for hydroxylation is 2. The normalized spacial score (nSPS) is 19.7. The molecule has 0 aromatic heterocycles. The highest BCUT2D eigenvalue weighted by Gasteiger charge is 2.54. The van der Waals surface area contributed by atoms with Crippen LogP contribution in [0.3, 0.4) is 0 Å². The van der Waals surface area contributed by atoms with Gasteiger partial charge in [-0.25, -0.2) is 9.18 Å². The number of hydrogen-bond acceptors (Lipinski definition) is 5. The summed E-state index contributed by atoms with van der Waals surface area (Å²) in [5.74, 6) is -0.220. The van der Waals surface area contributed by atoms with E-state index in [1.54, 1.807) is 31.0 Å². The first-order chi connectivity index (χ1) is 17.3. The van der Waals surface area contributed by atoms with E-state index >= 15 is 0 Å². The number of ether oxygens (including phenoxy) is 2. The Balaban J connectivity index is 0.00000481. The summed E-state index contributed by atoms with van der Waals surface area (Å²) in [6.45, 7) is 5.79. The fourth-order valence-electron chi connectivity index (χ4n) is 6.16. The predicted octanol–water partition coefficient (Wildman–Crippen LogP) is 6.15. The van der Waals surface area contributed by atoms with Gasteiger partial charge < -0.3 is 19.9 Å². The first-order valence-electron chi connectivity index (χ1n) is 12.8. The Labute approximate surface area is 231 Å². The number of aliphatic carboxylic acids is 1. The van der Waals surface area contributed by atoms with Crippen molar-refractivity contribution in [2.45, 2.75) is 62.4 Å². The Hall–Kier alpha value is -1.80. The summed E-state index contributed by atoms with van der Waals surface area (Å²) in [6, 6.07) is 11.2. The molecule has 2 aromatic carbocycles. The average molecular weight is 554 g/mol. The van der Waals surface area contributed by atoms with Gasteiger partial charge in [-0.1, -0.05) is 26.0 Å². The third-order valence-electron chi connectivity index (χ3n) is 7.76. The number of methoxy groups -OCH3 is 2. The minimum Gasteiger partial charge on any atom is -0.496 e. The van der Waals surface area contributed by atoms with Crippen molar-refractivity contribution in [2.75, 3.05) is 33.6 Å². The maximum Gasteiger partial charge on any atom is 0.333 e. The van der Waals surface area contributed by atoms with Gasteiger partial charge in [-0.15, -0.1) is 24.2 Å². The molecule has 3 rings (SSSR count). The third-order valence-corrected chi connectivity index (χ3v) is 8.53. The molecule has 0 aliphatic heterocycles. The predicted molar refractivity (Wildman–Crippen MR) is 151 cm³/mol. The number of rotatable bonds is 13. The van der Waals surface area contributed by atoms with Crippen molar-refractivity contribution in [1.29, 1.82) is 0 Å². The van der Waals surface area contributed by atoms with Crippen LogP contribution in [0.5, 0.6) is 5.75 Å². The molecule has 37 heavy (non-hydrogen) atoms. The highest BCUT2D eigenvalue weighted by molar-refractivity contribution is 7.98. The summed E-state index contributed by atoms with van der Waals surface area (Å²) in [5.41, 5.74) is 2.36. The SMILES string of the molecule is COc1cc(CCCNCCC2CCc3cc(F)ccc3C2(C(C)C)C(OC)C(=O)O)ccc1SC.Cl. The quantitative estimate of drug-likeness (QED) is 0.229. The lowest BCUT2D eigenvalue weighted by Crippen LogP contribution is -2.56. The van der Waals surface area contributed by atoms with E-state index in [1.165, 1.54) is 18.7 Å². The van der Waals surface area contributed by atoms with Crippen LogP contribution in [0.2, 0.25) is 0 Å². The van der Waals surface area contributed by atoms with Crippen LogP contribution in [-0.2, 0) is 27.8 Å². The van der Waals surface area contributed by atoms with Crippen molar-refractivity contribution in [1.82, 2.24) is 5.32 Å². The molecule has 0 fully saturated rings. The van der Waals surface area contributed by atoms with E-state index in [2.05, 4.69) is 37.4 Å².